The lowest BCUT2D eigenvalue weighted by molar-refractivity contribution is 0.0898. The Labute approximate surface area is 97.0 Å². The summed E-state index contributed by atoms with van der Waals surface area (Å²) in [6, 6.07) is 2.46. The SMILES string of the molecule is CC(C)n1ccc(COCC2CCNC2)n1. The first-order valence-electron chi connectivity index (χ1n) is 6.08. The summed E-state index contributed by atoms with van der Waals surface area (Å²) in [5, 5.41) is 7.79. The predicted molar refractivity (Wildman–Crippen MR) is 63.2 cm³/mol. The van der Waals surface area contributed by atoms with Crippen LogP contribution in [0.4, 0.5) is 0 Å². The Morgan fingerprint density at radius 2 is 2.50 bits per heavy atom. The van der Waals surface area contributed by atoms with Crippen LogP contribution in [0.5, 0.6) is 0 Å². The van der Waals surface area contributed by atoms with Crippen molar-refractivity contribution in [3.63, 3.8) is 0 Å². The van der Waals surface area contributed by atoms with E-state index in [9.17, 15) is 0 Å². The molecular formula is C12H21N3O. The number of ether oxygens (including phenoxy) is 1. The second-order valence-electron chi connectivity index (χ2n) is 4.75. The Bertz CT molecular complexity index is 316. The van der Waals surface area contributed by atoms with Gasteiger partial charge in [0.2, 0.25) is 0 Å². The van der Waals surface area contributed by atoms with Crippen molar-refractivity contribution >= 4 is 0 Å². The molecule has 0 radical (unpaired) electrons. The first-order chi connectivity index (χ1) is 7.75. The van der Waals surface area contributed by atoms with Gasteiger partial charge in [-0.1, -0.05) is 0 Å². The largest absolute Gasteiger partial charge is 0.375 e. The normalized spacial score (nSPS) is 20.8. The molecule has 1 aliphatic heterocycles. The fraction of sp³-hybridized carbons (Fsp3) is 0.750. The molecule has 1 aliphatic rings. The summed E-state index contributed by atoms with van der Waals surface area (Å²) in [6.45, 7) is 7.97. The molecule has 0 saturated carbocycles. The molecule has 1 saturated heterocycles. The zero-order valence-corrected chi connectivity index (χ0v) is 10.1. The molecule has 1 unspecified atom stereocenters. The van der Waals surface area contributed by atoms with Crippen molar-refractivity contribution in [1.29, 1.82) is 0 Å². The van der Waals surface area contributed by atoms with Gasteiger partial charge in [-0.3, -0.25) is 4.68 Å². The monoisotopic (exact) mass is 223 g/mol. The first kappa shape index (κ1) is 11.6. The highest BCUT2D eigenvalue weighted by molar-refractivity contribution is 4.97. The molecule has 0 spiro atoms. The Kier molecular flexibility index (Phi) is 3.96. The summed E-state index contributed by atoms with van der Waals surface area (Å²) >= 11 is 0. The van der Waals surface area contributed by atoms with Crippen molar-refractivity contribution in [2.45, 2.75) is 32.9 Å². The van der Waals surface area contributed by atoms with Crippen molar-refractivity contribution in [3.05, 3.63) is 18.0 Å². The Morgan fingerprint density at radius 3 is 3.12 bits per heavy atom. The molecule has 2 heterocycles. The smallest absolute Gasteiger partial charge is 0.0906 e. The van der Waals surface area contributed by atoms with E-state index < -0.39 is 0 Å². The van der Waals surface area contributed by atoms with Crippen LogP contribution in [0, 0.1) is 5.92 Å². The number of aromatic nitrogens is 2. The Hall–Kier alpha value is -0.870. The van der Waals surface area contributed by atoms with Gasteiger partial charge >= 0.3 is 0 Å². The van der Waals surface area contributed by atoms with Crippen molar-refractivity contribution in [3.8, 4) is 0 Å². The highest BCUT2D eigenvalue weighted by atomic mass is 16.5. The van der Waals surface area contributed by atoms with Gasteiger partial charge in [-0.15, -0.1) is 0 Å². The highest BCUT2D eigenvalue weighted by Crippen LogP contribution is 2.10. The molecule has 1 fully saturated rings. The maximum atomic E-state index is 5.68. The lowest BCUT2D eigenvalue weighted by atomic mass is 10.1. The summed E-state index contributed by atoms with van der Waals surface area (Å²) in [5.74, 6) is 0.687. The molecule has 1 N–H and O–H groups in total. The van der Waals surface area contributed by atoms with E-state index in [1.165, 1.54) is 6.42 Å². The number of nitrogens with one attached hydrogen (secondary N) is 1. The average molecular weight is 223 g/mol. The molecule has 16 heavy (non-hydrogen) atoms. The van der Waals surface area contributed by atoms with Crippen LogP contribution >= 0.6 is 0 Å². The van der Waals surface area contributed by atoms with Gasteiger partial charge in [0.15, 0.2) is 0 Å². The topological polar surface area (TPSA) is 39.1 Å². The van der Waals surface area contributed by atoms with E-state index in [0.717, 1.165) is 25.4 Å². The number of hydrogen-bond acceptors (Lipinski definition) is 3. The Balaban J connectivity index is 1.72. The van der Waals surface area contributed by atoms with E-state index in [4.69, 9.17) is 4.74 Å². The molecule has 0 amide bonds. The minimum Gasteiger partial charge on any atom is -0.375 e. The van der Waals surface area contributed by atoms with Crippen molar-refractivity contribution < 1.29 is 4.74 Å². The van der Waals surface area contributed by atoms with Gasteiger partial charge in [0, 0.05) is 18.8 Å². The van der Waals surface area contributed by atoms with E-state index in [1.54, 1.807) is 0 Å². The van der Waals surface area contributed by atoms with Crippen LogP contribution in [0.2, 0.25) is 0 Å². The van der Waals surface area contributed by atoms with E-state index in [0.29, 0.717) is 18.6 Å². The van der Waals surface area contributed by atoms with Crippen molar-refractivity contribution in [2.75, 3.05) is 19.7 Å². The van der Waals surface area contributed by atoms with Crippen LogP contribution in [-0.4, -0.2) is 29.5 Å². The van der Waals surface area contributed by atoms with E-state index in [2.05, 4.69) is 24.3 Å². The molecule has 4 heteroatoms. The summed E-state index contributed by atoms with van der Waals surface area (Å²) in [4.78, 5) is 0. The van der Waals surface area contributed by atoms with Gasteiger partial charge in [-0.2, -0.15) is 5.10 Å². The fourth-order valence-corrected chi connectivity index (χ4v) is 1.93. The number of hydrogen-bond donors (Lipinski definition) is 1. The van der Waals surface area contributed by atoms with Crippen LogP contribution in [-0.2, 0) is 11.3 Å². The quantitative estimate of drug-likeness (QED) is 0.824. The number of nitrogens with zero attached hydrogens (tertiary/aromatic N) is 2. The lowest BCUT2D eigenvalue weighted by Gasteiger charge is -2.08. The highest BCUT2D eigenvalue weighted by Gasteiger charge is 2.14. The summed E-state index contributed by atoms with van der Waals surface area (Å²) in [5.41, 5.74) is 1.03. The van der Waals surface area contributed by atoms with Crippen LogP contribution in [0.3, 0.4) is 0 Å². The molecule has 1 atom stereocenters. The summed E-state index contributed by atoms with van der Waals surface area (Å²) in [7, 11) is 0. The van der Waals surface area contributed by atoms with Crippen LogP contribution in [0.15, 0.2) is 12.3 Å². The molecular weight excluding hydrogens is 202 g/mol. The third-order valence-corrected chi connectivity index (χ3v) is 2.96. The van der Waals surface area contributed by atoms with Gasteiger partial charge in [0.05, 0.1) is 18.9 Å². The third-order valence-electron chi connectivity index (χ3n) is 2.96. The van der Waals surface area contributed by atoms with Crippen molar-refractivity contribution in [2.24, 2.45) is 5.92 Å². The average Bonchev–Trinajstić information content (AvgIpc) is 2.87. The molecule has 1 aromatic rings. The minimum absolute atomic E-state index is 0.424. The lowest BCUT2D eigenvalue weighted by Crippen LogP contribution is -2.14. The maximum absolute atomic E-state index is 5.68. The van der Waals surface area contributed by atoms with Gasteiger partial charge in [-0.05, 0) is 38.8 Å². The van der Waals surface area contributed by atoms with Crippen LogP contribution < -0.4 is 5.32 Å². The van der Waals surface area contributed by atoms with E-state index in [-0.39, 0.29) is 0 Å². The van der Waals surface area contributed by atoms with Gasteiger partial charge in [-0.25, -0.2) is 0 Å². The third kappa shape index (κ3) is 3.06. The molecule has 0 bridgehead atoms. The second kappa shape index (κ2) is 5.46. The Morgan fingerprint density at radius 1 is 1.62 bits per heavy atom. The van der Waals surface area contributed by atoms with E-state index >= 15 is 0 Å². The molecule has 2 rings (SSSR count). The summed E-state index contributed by atoms with van der Waals surface area (Å²) < 4.78 is 7.65. The molecule has 4 nitrogen and oxygen atoms in total. The summed E-state index contributed by atoms with van der Waals surface area (Å²) in [6.07, 6.45) is 3.25. The first-order valence-corrected chi connectivity index (χ1v) is 6.08. The molecule has 90 valence electrons. The standard InChI is InChI=1S/C12H21N3O/c1-10(2)15-6-4-12(14-15)9-16-8-11-3-5-13-7-11/h4,6,10-11,13H,3,5,7-9H2,1-2H3. The zero-order valence-electron chi connectivity index (χ0n) is 10.1. The predicted octanol–water partition coefficient (Wildman–Crippen LogP) is 1.59. The molecule has 0 aliphatic carbocycles. The minimum atomic E-state index is 0.424. The second-order valence-corrected chi connectivity index (χ2v) is 4.75. The number of rotatable bonds is 5. The van der Waals surface area contributed by atoms with E-state index in [1.807, 2.05) is 16.9 Å². The molecule has 1 aromatic heterocycles. The van der Waals surface area contributed by atoms with Crippen molar-refractivity contribution in [1.82, 2.24) is 15.1 Å². The fourth-order valence-electron chi connectivity index (χ4n) is 1.93. The van der Waals surface area contributed by atoms with Crippen LogP contribution in [0.1, 0.15) is 32.0 Å². The maximum Gasteiger partial charge on any atom is 0.0906 e. The zero-order chi connectivity index (χ0) is 11.4. The van der Waals surface area contributed by atoms with Gasteiger partial charge in [0.1, 0.15) is 0 Å². The van der Waals surface area contributed by atoms with Crippen LogP contribution in [0.25, 0.3) is 0 Å². The van der Waals surface area contributed by atoms with Gasteiger partial charge in [0.25, 0.3) is 0 Å². The molecule has 0 aromatic carbocycles. The van der Waals surface area contributed by atoms with Gasteiger partial charge < -0.3 is 10.1 Å².